The van der Waals surface area contributed by atoms with Crippen LogP contribution in [0.2, 0.25) is 10.0 Å². The van der Waals surface area contributed by atoms with Gasteiger partial charge in [0.05, 0.1) is 0 Å². The van der Waals surface area contributed by atoms with Crippen LogP contribution in [0.25, 0.3) is 0 Å². The lowest BCUT2D eigenvalue weighted by Gasteiger charge is -2.17. The molecular weight excluding hydrogens is 277 g/mol. The van der Waals surface area contributed by atoms with Crippen LogP contribution in [0.1, 0.15) is 28.3 Å². The first-order valence-electron chi connectivity index (χ1n) is 6.24. The molecule has 0 saturated heterocycles. The molecule has 0 spiro atoms. The first-order chi connectivity index (χ1) is 8.99. The van der Waals surface area contributed by atoms with Crippen molar-refractivity contribution in [3.8, 4) is 0 Å². The molecule has 0 aliphatic carbocycles. The fourth-order valence-electron chi connectivity index (χ4n) is 2.30. The molecule has 0 aliphatic heterocycles. The van der Waals surface area contributed by atoms with Gasteiger partial charge in [-0.3, -0.25) is 0 Å². The molecule has 2 rings (SSSR count). The molecule has 0 radical (unpaired) electrons. The second kappa shape index (κ2) is 5.96. The number of rotatable bonds is 3. The molecule has 0 amide bonds. The van der Waals surface area contributed by atoms with E-state index in [1.807, 2.05) is 18.2 Å². The summed E-state index contributed by atoms with van der Waals surface area (Å²) in [5.41, 5.74) is 10.8. The molecular formula is C16H17Cl2N. The van der Waals surface area contributed by atoms with Crippen LogP contribution in [0.15, 0.2) is 36.4 Å². The van der Waals surface area contributed by atoms with Gasteiger partial charge in [0, 0.05) is 16.1 Å². The van der Waals surface area contributed by atoms with Crippen molar-refractivity contribution in [2.45, 2.75) is 26.3 Å². The Kier molecular flexibility index (Phi) is 4.51. The van der Waals surface area contributed by atoms with Gasteiger partial charge in [0.1, 0.15) is 0 Å². The highest BCUT2D eigenvalue weighted by atomic mass is 35.5. The zero-order valence-corrected chi connectivity index (χ0v) is 12.6. The molecule has 0 aliphatic rings. The van der Waals surface area contributed by atoms with Crippen LogP contribution in [0, 0.1) is 13.8 Å². The Balaban J connectivity index is 2.28. The molecule has 19 heavy (non-hydrogen) atoms. The number of hydrogen-bond acceptors (Lipinski definition) is 1. The third-order valence-electron chi connectivity index (χ3n) is 3.31. The van der Waals surface area contributed by atoms with Crippen LogP contribution in [0.5, 0.6) is 0 Å². The summed E-state index contributed by atoms with van der Waals surface area (Å²) in [5.74, 6) is 0. The minimum atomic E-state index is -0.0991. The van der Waals surface area contributed by atoms with Gasteiger partial charge in [0.25, 0.3) is 0 Å². The highest BCUT2D eigenvalue weighted by Crippen LogP contribution is 2.29. The van der Waals surface area contributed by atoms with Crippen molar-refractivity contribution in [2.24, 2.45) is 5.73 Å². The Morgan fingerprint density at radius 2 is 1.68 bits per heavy atom. The first-order valence-corrected chi connectivity index (χ1v) is 7.00. The maximum absolute atomic E-state index is 6.30. The lowest BCUT2D eigenvalue weighted by atomic mass is 9.95. The minimum Gasteiger partial charge on any atom is -0.324 e. The maximum atomic E-state index is 6.30. The first kappa shape index (κ1) is 14.4. The third kappa shape index (κ3) is 3.30. The Labute approximate surface area is 124 Å². The van der Waals surface area contributed by atoms with E-state index in [1.165, 1.54) is 11.1 Å². The average Bonchev–Trinajstić information content (AvgIpc) is 2.33. The molecule has 0 bridgehead atoms. The summed E-state index contributed by atoms with van der Waals surface area (Å²) in [6.45, 7) is 4.16. The number of hydrogen-bond donors (Lipinski definition) is 1. The summed E-state index contributed by atoms with van der Waals surface area (Å²) in [7, 11) is 0. The van der Waals surface area contributed by atoms with Crippen LogP contribution in [0.4, 0.5) is 0 Å². The third-order valence-corrected chi connectivity index (χ3v) is 4.02. The molecule has 1 unspecified atom stereocenters. The predicted molar refractivity (Wildman–Crippen MR) is 83.0 cm³/mol. The molecule has 2 N–H and O–H groups in total. The molecule has 3 heteroatoms. The fraction of sp³-hybridized carbons (Fsp3) is 0.250. The number of nitrogens with two attached hydrogens (primary N) is 1. The zero-order valence-electron chi connectivity index (χ0n) is 11.1. The maximum Gasteiger partial charge on any atom is 0.0453 e. The largest absolute Gasteiger partial charge is 0.324 e. The van der Waals surface area contributed by atoms with E-state index >= 15 is 0 Å². The molecule has 2 aromatic carbocycles. The van der Waals surface area contributed by atoms with Crippen LogP contribution in [0.3, 0.4) is 0 Å². The van der Waals surface area contributed by atoms with E-state index in [-0.39, 0.29) is 6.04 Å². The predicted octanol–water partition coefficient (Wildman–Crippen LogP) is 4.85. The number of benzene rings is 2. The van der Waals surface area contributed by atoms with Gasteiger partial charge in [-0.25, -0.2) is 0 Å². The Morgan fingerprint density at radius 3 is 2.26 bits per heavy atom. The molecule has 2 aromatic rings. The van der Waals surface area contributed by atoms with E-state index in [2.05, 4.69) is 32.0 Å². The highest BCUT2D eigenvalue weighted by molar-refractivity contribution is 6.36. The van der Waals surface area contributed by atoms with Crippen molar-refractivity contribution >= 4 is 23.2 Å². The topological polar surface area (TPSA) is 26.0 Å². The van der Waals surface area contributed by atoms with Crippen molar-refractivity contribution in [1.29, 1.82) is 0 Å². The van der Waals surface area contributed by atoms with Crippen LogP contribution >= 0.6 is 23.2 Å². The Hall–Kier alpha value is -1.02. The number of halogens is 2. The summed E-state index contributed by atoms with van der Waals surface area (Å²) in [6.07, 6.45) is 0.641. The average molecular weight is 294 g/mol. The monoisotopic (exact) mass is 293 g/mol. The molecule has 100 valence electrons. The zero-order chi connectivity index (χ0) is 14.0. The van der Waals surface area contributed by atoms with Crippen molar-refractivity contribution in [3.05, 3.63) is 68.7 Å². The van der Waals surface area contributed by atoms with Crippen LogP contribution < -0.4 is 5.73 Å². The SMILES string of the molecule is Cc1ccc(C(N)Cc2c(Cl)cccc2Cl)c(C)c1. The van der Waals surface area contributed by atoms with Gasteiger partial charge < -0.3 is 5.73 Å². The second-order valence-corrected chi connectivity index (χ2v) is 5.69. The fourth-order valence-corrected chi connectivity index (χ4v) is 2.85. The van der Waals surface area contributed by atoms with E-state index in [9.17, 15) is 0 Å². The van der Waals surface area contributed by atoms with E-state index < -0.39 is 0 Å². The molecule has 1 atom stereocenters. The molecule has 0 aromatic heterocycles. The smallest absolute Gasteiger partial charge is 0.0453 e. The van der Waals surface area contributed by atoms with E-state index in [1.54, 1.807) is 0 Å². The Bertz CT molecular complexity index is 573. The van der Waals surface area contributed by atoms with E-state index in [4.69, 9.17) is 28.9 Å². The van der Waals surface area contributed by atoms with E-state index in [0.717, 1.165) is 11.1 Å². The van der Waals surface area contributed by atoms with Crippen molar-refractivity contribution in [1.82, 2.24) is 0 Å². The summed E-state index contributed by atoms with van der Waals surface area (Å²) in [6, 6.07) is 11.7. The van der Waals surface area contributed by atoms with Crippen molar-refractivity contribution < 1.29 is 0 Å². The van der Waals surface area contributed by atoms with Gasteiger partial charge >= 0.3 is 0 Å². The van der Waals surface area contributed by atoms with Gasteiger partial charge in [-0.1, -0.05) is 53.0 Å². The summed E-state index contributed by atoms with van der Waals surface area (Å²) in [5, 5.41) is 1.35. The minimum absolute atomic E-state index is 0.0991. The standard InChI is InChI=1S/C16H17Cl2N/c1-10-6-7-12(11(2)8-10)16(19)9-13-14(17)4-3-5-15(13)18/h3-8,16H,9,19H2,1-2H3. The van der Waals surface area contributed by atoms with Gasteiger partial charge in [0.2, 0.25) is 0 Å². The second-order valence-electron chi connectivity index (χ2n) is 4.87. The molecule has 0 fully saturated rings. The lowest BCUT2D eigenvalue weighted by molar-refractivity contribution is 0.716. The van der Waals surface area contributed by atoms with E-state index in [0.29, 0.717) is 16.5 Å². The quantitative estimate of drug-likeness (QED) is 0.860. The number of aryl methyl sites for hydroxylation is 2. The van der Waals surface area contributed by atoms with Crippen molar-refractivity contribution in [3.63, 3.8) is 0 Å². The van der Waals surface area contributed by atoms with Gasteiger partial charge in [-0.2, -0.15) is 0 Å². The summed E-state index contributed by atoms with van der Waals surface area (Å²) in [4.78, 5) is 0. The molecule has 0 heterocycles. The summed E-state index contributed by atoms with van der Waals surface area (Å²) < 4.78 is 0. The highest BCUT2D eigenvalue weighted by Gasteiger charge is 2.14. The Morgan fingerprint density at radius 1 is 1.05 bits per heavy atom. The molecule has 0 saturated carbocycles. The van der Waals surface area contributed by atoms with Crippen LogP contribution in [-0.2, 0) is 6.42 Å². The van der Waals surface area contributed by atoms with Gasteiger partial charge in [0.15, 0.2) is 0 Å². The molecule has 1 nitrogen and oxygen atoms in total. The normalized spacial score (nSPS) is 12.5. The van der Waals surface area contributed by atoms with Gasteiger partial charge in [-0.15, -0.1) is 0 Å². The lowest BCUT2D eigenvalue weighted by Crippen LogP contribution is -2.15. The van der Waals surface area contributed by atoms with Crippen molar-refractivity contribution in [2.75, 3.05) is 0 Å². The van der Waals surface area contributed by atoms with Gasteiger partial charge in [-0.05, 0) is 49.1 Å². The summed E-state index contributed by atoms with van der Waals surface area (Å²) >= 11 is 12.4. The van der Waals surface area contributed by atoms with Crippen LogP contribution in [-0.4, -0.2) is 0 Å².